The normalized spacial score (nSPS) is 42.5. The fourth-order valence-corrected chi connectivity index (χ4v) is 11.3. The van der Waals surface area contributed by atoms with E-state index < -0.39 is 176 Å². The SMILES string of the molecule is CO[C@H](C(=O)[C@@H](O)[C@@H](C)O)[C@@H]1Cc2cc3cc(O[C@H]4C[C@@H](O[C@@H]5C[C@@H](O)[C@@H](O)[C@@H](C)O5)[C@@H](O)[C@H](C)O4)c(C)c(O)c3c(O)c2C(=O)[C@H]1O[C@H]1C[C@@H](O[C@H]2C[C@@H](O[C@H]3C[C@](C)(O)[C@@H](O)[C@H](C)O3)[C@H](O)[C@@H](C)O2)[C@H](O)[C@H](C)O1. The Bertz CT molecular complexity index is 2350. The lowest BCUT2D eigenvalue weighted by atomic mass is 9.75. The van der Waals surface area contributed by atoms with Gasteiger partial charge in [0.1, 0.15) is 66.1 Å². The first-order valence-electron chi connectivity index (χ1n) is 26.0. The molecule has 0 spiro atoms. The third-order valence-corrected chi connectivity index (χ3v) is 15.9. The van der Waals surface area contributed by atoms with E-state index in [-0.39, 0.29) is 71.7 Å². The number of Topliss-reactive ketones (excluding diaryl/α,β-unsaturated/α-hetero) is 2. The number of hydrogen-bond acceptors (Lipinski definition) is 24. The van der Waals surface area contributed by atoms with Crippen molar-refractivity contribution >= 4 is 22.3 Å². The molecule has 8 rings (SSSR count). The number of phenolic OH excluding ortho intramolecular Hbond substituents is 2. The minimum atomic E-state index is -1.95. The van der Waals surface area contributed by atoms with Crippen LogP contribution >= 0.6 is 0 Å². The molecule has 0 saturated carbocycles. The van der Waals surface area contributed by atoms with Gasteiger partial charge >= 0.3 is 0 Å². The van der Waals surface area contributed by atoms with E-state index in [4.69, 9.17) is 52.1 Å². The Morgan fingerprint density at radius 3 is 1.70 bits per heavy atom. The lowest BCUT2D eigenvalue weighted by molar-refractivity contribution is -0.334. The van der Waals surface area contributed by atoms with Crippen LogP contribution in [-0.4, -0.2) is 222 Å². The zero-order valence-corrected chi connectivity index (χ0v) is 44.0. The molecule has 5 saturated heterocycles. The Morgan fingerprint density at radius 1 is 0.684 bits per heavy atom. The lowest BCUT2D eigenvalue weighted by Crippen LogP contribution is -2.58. The average molecular weight is 1090 g/mol. The molecule has 0 aromatic heterocycles. The highest BCUT2D eigenvalue weighted by Crippen LogP contribution is 2.47. The van der Waals surface area contributed by atoms with Crippen molar-refractivity contribution in [1.29, 1.82) is 0 Å². The average Bonchev–Trinajstić information content (AvgIpc) is 3.38. The van der Waals surface area contributed by atoms with Gasteiger partial charge in [-0.05, 0) is 84.9 Å². The number of rotatable bonds is 15. The van der Waals surface area contributed by atoms with Gasteiger partial charge in [0, 0.05) is 50.7 Å². The highest BCUT2D eigenvalue weighted by molar-refractivity contribution is 6.11. The number of methoxy groups -OCH3 is 1. The highest BCUT2D eigenvalue weighted by Gasteiger charge is 2.51. The van der Waals surface area contributed by atoms with Gasteiger partial charge in [0.15, 0.2) is 36.7 Å². The van der Waals surface area contributed by atoms with Crippen LogP contribution in [0, 0.1) is 12.8 Å². The van der Waals surface area contributed by atoms with Crippen LogP contribution in [0.25, 0.3) is 10.8 Å². The third-order valence-electron chi connectivity index (χ3n) is 15.9. The summed E-state index contributed by atoms with van der Waals surface area (Å²) in [5.74, 6) is -4.07. The standard InChI is InChI=1S/C52H76O24/c1-18-29(72-34-14-30(43(58)21(4)68-34)73-33-13-28(54)42(57)20(3)67-33)12-26-10-25-11-27(49(66-9)48(63)41(56)19(2)53)50(47(62)39(25)46(61)38(26)40(18)55)76-36-16-31(44(59)23(6)70-36)74-35-15-32(45(60)22(5)69-35)75-37-17-52(8,65)51(64)24(7)71-37/h10,12,19-24,27-28,30-37,41-45,49-51,53-61,64-65H,11,13-17H2,1-9H3/t19-,20-,21+,22-,23+,24+,27+,28-,30-,31-,32-,33-,34+,35+,36+,37+,41+,42+,43+,44-,45-,49+,50+,51+,52+/m1/s1. The summed E-state index contributed by atoms with van der Waals surface area (Å²) in [6.07, 6.45) is -27.0. The monoisotopic (exact) mass is 1080 g/mol. The second-order valence-electron chi connectivity index (χ2n) is 21.7. The molecule has 25 atom stereocenters. The number of hydrogen-bond donors (Lipinski definition) is 11. The van der Waals surface area contributed by atoms with Gasteiger partial charge in [0.2, 0.25) is 6.29 Å². The summed E-state index contributed by atoms with van der Waals surface area (Å²) >= 11 is 0. The van der Waals surface area contributed by atoms with Crippen molar-refractivity contribution in [3.05, 3.63) is 28.8 Å². The van der Waals surface area contributed by atoms with E-state index in [1.807, 2.05) is 0 Å². The highest BCUT2D eigenvalue weighted by atomic mass is 16.7. The van der Waals surface area contributed by atoms with E-state index in [1.54, 1.807) is 27.7 Å². The molecule has 2 aromatic carbocycles. The number of ketones is 2. The topological polar surface area (TPSA) is 358 Å². The van der Waals surface area contributed by atoms with Crippen LogP contribution in [0.3, 0.4) is 0 Å². The molecule has 6 aliphatic rings. The Balaban J connectivity index is 1.04. The summed E-state index contributed by atoms with van der Waals surface area (Å²) in [6, 6.07) is 3.03. The first-order chi connectivity index (χ1) is 35.7. The van der Waals surface area contributed by atoms with E-state index in [0.29, 0.717) is 0 Å². The van der Waals surface area contributed by atoms with Crippen LogP contribution in [0.2, 0.25) is 0 Å². The van der Waals surface area contributed by atoms with Crippen molar-refractivity contribution < 1.29 is 118 Å². The number of aliphatic hydroxyl groups excluding tert-OH is 8. The molecule has 5 heterocycles. The molecule has 76 heavy (non-hydrogen) atoms. The molecular formula is C52H76O24. The van der Waals surface area contributed by atoms with E-state index in [2.05, 4.69) is 0 Å². The summed E-state index contributed by atoms with van der Waals surface area (Å²) in [6.45, 7) is 12.1. The second kappa shape index (κ2) is 23.4. The first kappa shape index (κ1) is 58.8. The quantitative estimate of drug-likeness (QED) is 0.110. The largest absolute Gasteiger partial charge is 0.507 e. The lowest BCUT2D eigenvalue weighted by Gasteiger charge is -2.46. The van der Waals surface area contributed by atoms with Gasteiger partial charge in [-0.25, -0.2) is 0 Å². The zero-order chi connectivity index (χ0) is 55.6. The van der Waals surface area contributed by atoms with Crippen molar-refractivity contribution in [1.82, 2.24) is 0 Å². The van der Waals surface area contributed by atoms with Crippen molar-refractivity contribution in [2.75, 3.05) is 7.11 Å². The molecule has 24 nitrogen and oxygen atoms in total. The van der Waals surface area contributed by atoms with Crippen molar-refractivity contribution in [3.8, 4) is 17.2 Å². The molecule has 0 bridgehead atoms. The van der Waals surface area contributed by atoms with Gasteiger partial charge in [0.05, 0.1) is 77.6 Å². The second-order valence-corrected chi connectivity index (χ2v) is 21.7. The van der Waals surface area contributed by atoms with Gasteiger partial charge in [-0.3, -0.25) is 9.59 Å². The van der Waals surface area contributed by atoms with E-state index in [0.717, 1.165) is 0 Å². The molecule has 11 N–H and O–H groups in total. The Kier molecular flexibility index (Phi) is 18.1. The third kappa shape index (κ3) is 11.9. The van der Waals surface area contributed by atoms with Crippen LogP contribution < -0.4 is 4.74 Å². The molecule has 24 heteroatoms. The Hall–Kier alpha value is -3.32. The first-order valence-corrected chi connectivity index (χ1v) is 26.0. The zero-order valence-electron chi connectivity index (χ0n) is 44.0. The summed E-state index contributed by atoms with van der Waals surface area (Å²) in [5.41, 5.74) is -1.47. The Labute approximate surface area is 439 Å². The molecular weight excluding hydrogens is 1010 g/mol. The summed E-state index contributed by atoms with van der Waals surface area (Å²) in [4.78, 5) is 28.9. The summed E-state index contributed by atoms with van der Waals surface area (Å²) in [7, 11) is 1.18. The number of aromatic hydroxyl groups is 2. The predicted octanol–water partition coefficient (Wildman–Crippen LogP) is -0.249. The van der Waals surface area contributed by atoms with Gasteiger partial charge in [-0.15, -0.1) is 0 Å². The molecule has 5 fully saturated rings. The molecule has 428 valence electrons. The maximum absolute atomic E-state index is 15.0. The molecule has 1 aliphatic carbocycles. The number of phenols is 2. The summed E-state index contributed by atoms with van der Waals surface area (Å²) in [5, 5.41) is 120. The van der Waals surface area contributed by atoms with Crippen LogP contribution in [0.1, 0.15) is 102 Å². The minimum absolute atomic E-state index is 0.0365. The van der Waals surface area contributed by atoms with Gasteiger partial charge in [0.25, 0.3) is 0 Å². The van der Waals surface area contributed by atoms with Gasteiger partial charge < -0.3 is 108 Å². The number of aliphatic hydroxyl groups is 9. The molecule has 0 radical (unpaired) electrons. The fourth-order valence-electron chi connectivity index (χ4n) is 11.3. The number of benzene rings is 2. The van der Waals surface area contributed by atoms with E-state index in [1.165, 1.54) is 46.9 Å². The van der Waals surface area contributed by atoms with Crippen LogP contribution in [0.5, 0.6) is 17.2 Å². The number of carbonyl (C=O) groups is 2. The molecule has 2 aromatic rings. The van der Waals surface area contributed by atoms with E-state index >= 15 is 4.79 Å². The fraction of sp³-hybridized carbons (Fsp3) is 0.769. The number of fused-ring (bicyclic) bond motifs is 2. The van der Waals surface area contributed by atoms with Crippen LogP contribution in [0.15, 0.2) is 12.1 Å². The van der Waals surface area contributed by atoms with E-state index in [9.17, 15) is 61.0 Å². The molecule has 0 unspecified atom stereocenters. The van der Waals surface area contributed by atoms with Crippen LogP contribution in [0.4, 0.5) is 0 Å². The maximum Gasteiger partial charge on any atom is 0.202 e. The van der Waals surface area contributed by atoms with Crippen molar-refractivity contribution in [2.24, 2.45) is 5.92 Å². The van der Waals surface area contributed by atoms with Crippen molar-refractivity contribution in [3.63, 3.8) is 0 Å². The molecule has 5 aliphatic heterocycles. The predicted molar refractivity (Wildman–Crippen MR) is 259 cm³/mol. The minimum Gasteiger partial charge on any atom is -0.507 e. The maximum atomic E-state index is 15.0. The summed E-state index contributed by atoms with van der Waals surface area (Å²) < 4.78 is 66.5. The van der Waals surface area contributed by atoms with Crippen LogP contribution in [-0.2, 0) is 58.6 Å². The Morgan fingerprint density at radius 2 is 1.17 bits per heavy atom. The number of ether oxygens (including phenoxy) is 11. The van der Waals surface area contributed by atoms with Crippen molar-refractivity contribution in [2.45, 2.75) is 241 Å². The smallest absolute Gasteiger partial charge is 0.202 e. The van der Waals surface area contributed by atoms with Gasteiger partial charge in [-0.1, -0.05) is 0 Å². The van der Waals surface area contributed by atoms with Gasteiger partial charge in [-0.2, -0.15) is 0 Å². The number of carbonyl (C=O) groups excluding carboxylic acids is 2. The molecule has 0 amide bonds.